The standard InChI is InChI=1S/C20H30N4O4S/c1-22-18(8-17(21-22)15-2-3-15)29(25,26)24-6-4-20(5-7-24)9-16(10-28-20)23-11-19(12-23)13-27-14-19/h8,15-16H,2-7,9-14H2,1H3/t16-/m0/s1. The second-order valence-corrected chi connectivity index (χ2v) is 11.8. The number of sulfonamides is 1. The van der Waals surface area contributed by atoms with Crippen LogP contribution in [0, 0.1) is 5.41 Å². The van der Waals surface area contributed by atoms with Crippen molar-refractivity contribution >= 4 is 10.0 Å². The van der Waals surface area contributed by atoms with E-state index in [0.717, 1.165) is 70.7 Å². The predicted molar refractivity (Wildman–Crippen MR) is 105 cm³/mol. The van der Waals surface area contributed by atoms with Crippen LogP contribution in [-0.4, -0.2) is 85.0 Å². The SMILES string of the molecule is Cn1nc(C2CC2)cc1S(=O)(=O)N1CCC2(CC1)C[C@H](N1CC3(COC3)C1)CO2. The van der Waals surface area contributed by atoms with Crippen LogP contribution in [0.3, 0.4) is 0 Å². The highest BCUT2D eigenvalue weighted by atomic mass is 32.2. The molecule has 0 amide bonds. The molecular weight excluding hydrogens is 392 g/mol. The summed E-state index contributed by atoms with van der Waals surface area (Å²) in [7, 11) is -1.77. The zero-order chi connectivity index (χ0) is 19.9. The second-order valence-electron chi connectivity index (χ2n) is 9.96. The third-order valence-electron chi connectivity index (χ3n) is 7.69. The highest BCUT2D eigenvalue weighted by Crippen LogP contribution is 2.45. The first kappa shape index (κ1) is 18.7. The molecule has 4 saturated heterocycles. The zero-order valence-electron chi connectivity index (χ0n) is 17.0. The fraction of sp³-hybridized carbons (Fsp3) is 0.850. The van der Waals surface area contributed by atoms with Crippen molar-refractivity contribution in [3.05, 3.63) is 11.8 Å². The van der Waals surface area contributed by atoms with Crippen molar-refractivity contribution in [3.8, 4) is 0 Å². The second kappa shape index (κ2) is 6.26. The molecule has 1 aromatic heterocycles. The van der Waals surface area contributed by atoms with Crippen LogP contribution in [0.4, 0.5) is 0 Å². The molecule has 8 nitrogen and oxygen atoms in total. The van der Waals surface area contributed by atoms with E-state index in [9.17, 15) is 8.42 Å². The van der Waals surface area contributed by atoms with Crippen molar-refractivity contribution in [1.82, 2.24) is 19.0 Å². The third-order valence-corrected chi connectivity index (χ3v) is 9.64. The predicted octanol–water partition coefficient (Wildman–Crippen LogP) is 0.942. The van der Waals surface area contributed by atoms with Gasteiger partial charge in [-0.15, -0.1) is 0 Å². The molecule has 1 aliphatic carbocycles. The van der Waals surface area contributed by atoms with Crippen LogP contribution in [-0.2, 0) is 26.5 Å². The van der Waals surface area contributed by atoms with Gasteiger partial charge in [-0.2, -0.15) is 9.40 Å². The molecule has 9 heteroatoms. The van der Waals surface area contributed by atoms with Gasteiger partial charge in [-0.3, -0.25) is 9.58 Å². The molecule has 29 heavy (non-hydrogen) atoms. The summed E-state index contributed by atoms with van der Waals surface area (Å²) in [6.07, 6.45) is 4.81. The highest BCUT2D eigenvalue weighted by molar-refractivity contribution is 7.89. The Morgan fingerprint density at radius 2 is 1.90 bits per heavy atom. The normalized spacial score (nSPS) is 31.8. The van der Waals surface area contributed by atoms with Gasteiger partial charge in [0.25, 0.3) is 10.0 Å². The lowest BCUT2D eigenvalue weighted by atomic mass is 9.76. The van der Waals surface area contributed by atoms with E-state index in [0.29, 0.717) is 35.5 Å². The van der Waals surface area contributed by atoms with Gasteiger partial charge in [0.05, 0.1) is 31.1 Å². The molecule has 0 N–H and O–H groups in total. The van der Waals surface area contributed by atoms with E-state index in [1.54, 1.807) is 22.1 Å². The Morgan fingerprint density at radius 1 is 1.17 bits per heavy atom. The number of rotatable bonds is 4. The monoisotopic (exact) mass is 422 g/mol. The summed E-state index contributed by atoms with van der Waals surface area (Å²) < 4.78 is 41.3. The number of piperidine rings is 1. The molecule has 5 aliphatic rings. The molecular formula is C20H30N4O4S. The molecule has 1 atom stereocenters. The maximum absolute atomic E-state index is 13.2. The van der Waals surface area contributed by atoms with Crippen LogP contribution < -0.4 is 0 Å². The molecule has 0 unspecified atom stereocenters. The highest BCUT2D eigenvalue weighted by Gasteiger charge is 2.54. The summed E-state index contributed by atoms with van der Waals surface area (Å²) in [6.45, 7) is 5.89. The fourth-order valence-corrected chi connectivity index (χ4v) is 7.18. The van der Waals surface area contributed by atoms with E-state index in [1.807, 2.05) is 0 Å². The Bertz CT molecular complexity index is 905. The summed E-state index contributed by atoms with van der Waals surface area (Å²) in [6, 6.07) is 2.26. The van der Waals surface area contributed by atoms with Crippen LogP contribution in [0.5, 0.6) is 0 Å². The molecule has 1 aromatic rings. The van der Waals surface area contributed by atoms with Crippen LogP contribution in [0.15, 0.2) is 11.1 Å². The average Bonchev–Trinajstić information content (AvgIpc) is 3.29. The minimum Gasteiger partial charge on any atom is -0.380 e. The summed E-state index contributed by atoms with van der Waals surface area (Å²) in [4.78, 5) is 2.54. The first-order valence-electron chi connectivity index (χ1n) is 10.9. The maximum Gasteiger partial charge on any atom is 0.260 e. The van der Waals surface area contributed by atoms with Gasteiger partial charge in [0.1, 0.15) is 0 Å². The Morgan fingerprint density at radius 3 is 2.52 bits per heavy atom. The summed E-state index contributed by atoms with van der Waals surface area (Å²) in [5.74, 6) is 0.450. The number of aromatic nitrogens is 2. The molecule has 6 rings (SSSR count). The van der Waals surface area contributed by atoms with Crippen LogP contribution in [0.25, 0.3) is 0 Å². The molecule has 0 radical (unpaired) electrons. The Kier molecular flexibility index (Phi) is 4.05. The lowest BCUT2D eigenvalue weighted by Crippen LogP contribution is -2.68. The van der Waals surface area contributed by atoms with Crippen LogP contribution in [0.2, 0.25) is 0 Å². The van der Waals surface area contributed by atoms with E-state index in [2.05, 4.69) is 10.00 Å². The van der Waals surface area contributed by atoms with E-state index in [-0.39, 0.29) is 5.60 Å². The van der Waals surface area contributed by atoms with Crippen molar-refractivity contribution in [1.29, 1.82) is 0 Å². The van der Waals surface area contributed by atoms with Crippen LogP contribution >= 0.6 is 0 Å². The lowest BCUT2D eigenvalue weighted by Gasteiger charge is -2.57. The average molecular weight is 423 g/mol. The summed E-state index contributed by atoms with van der Waals surface area (Å²) >= 11 is 0. The number of hydrogen-bond donors (Lipinski definition) is 0. The van der Waals surface area contributed by atoms with Crippen molar-refractivity contribution in [2.24, 2.45) is 12.5 Å². The minimum atomic E-state index is -3.50. The molecule has 5 fully saturated rings. The zero-order valence-corrected chi connectivity index (χ0v) is 17.9. The largest absolute Gasteiger partial charge is 0.380 e. The quantitative estimate of drug-likeness (QED) is 0.719. The lowest BCUT2D eigenvalue weighted by molar-refractivity contribution is -0.197. The molecule has 2 spiro atoms. The first-order valence-corrected chi connectivity index (χ1v) is 12.3. The van der Waals surface area contributed by atoms with Gasteiger partial charge >= 0.3 is 0 Å². The van der Waals surface area contributed by atoms with Gasteiger partial charge in [-0.1, -0.05) is 0 Å². The Labute approximate surface area is 172 Å². The van der Waals surface area contributed by atoms with Crippen molar-refractivity contribution in [2.75, 3.05) is 46.0 Å². The van der Waals surface area contributed by atoms with Crippen LogP contribution in [0.1, 0.15) is 43.7 Å². The fourth-order valence-electron chi connectivity index (χ4n) is 5.61. The topological polar surface area (TPSA) is 76.9 Å². The maximum atomic E-state index is 13.2. The van der Waals surface area contributed by atoms with E-state index < -0.39 is 10.0 Å². The van der Waals surface area contributed by atoms with Gasteiger partial charge in [-0.25, -0.2) is 8.42 Å². The molecule has 160 valence electrons. The molecule has 0 aromatic carbocycles. The Balaban J connectivity index is 1.09. The Hall–Kier alpha value is -1.00. The summed E-state index contributed by atoms with van der Waals surface area (Å²) in [5.41, 5.74) is 1.20. The molecule has 1 saturated carbocycles. The van der Waals surface area contributed by atoms with Gasteiger partial charge in [0, 0.05) is 56.7 Å². The number of nitrogens with zero attached hydrogens (tertiary/aromatic N) is 4. The van der Waals surface area contributed by atoms with Crippen molar-refractivity contribution in [2.45, 2.75) is 54.7 Å². The number of hydrogen-bond acceptors (Lipinski definition) is 6. The molecule has 5 heterocycles. The van der Waals surface area contributed by atoms with Gasteiger partial charge < -0.3 is 9.47 Å². The van der Waals surface area contributed by atoms with E-state index >= 15 is 0 Å². The smallest absolute Gasteiger partial charge is 0.260 e. The summed E-state index contributed by atoms with van der Waals surface area (Å²) in [5, 5.41) is 4.77. The first-order chi connectivity index (χ1) is 13.9. The number of aryl methyl sites for hydroxylation is 1. The van der Waals surface area contributed by atoms with Crippen molar-refractivity contribution < 1.29 is 17.9 Å². The minimum absolute atomic E-state index is 0.152. The third kappa shape index (κ3) is 3.00. The van der Waals surface area contributed by atoms with E-state index in [1.165, 1.54) is 0 Å². The number of ether oxygens (including phenoxy) is 2. The van der Waals surface area contributed by atoms with E-state index in [4.69, 9.17) is 9.47 Å². The number of likely N-dealkylation sites (tertiary alicyclic amines) is 1. The molecule has 4 aliphatic heterocycles. The van der Waals surface area contributed by atoms with Crippen molar-refractivity contribution in [3.63, 3.8) is 0 Å². The molecule has 0 bridgehead atoms. The van der Waals surface area contributed by atoms with Gasteiger partial charge in [-0.05, 0) is 32.1 Å². The van der Waals surface area contributed by atoms with Gasteiger partial charge in [0.15, 0.2) is 5.03 Å². The van der Waals surface area contributed by atoms with Gasteiger partial charge in [0.2, 0.25) is 0 Å².